The number of hydrogen-bond donors (Lipinski definition) is 0. The molecule has 0 spiro atoms. The Morgan fingerprint density at radius 3 is 1.96 bits per heavy atom. The van der Waals surface area contributed by atoms with Crippen LogP contribution >= 0.6 is 0 Å². The fourth-order valence-corrected chi connectivity index (χ4v) is 8.75. The van der Waals surface area contributed by atoms with Gasteiger partial charge in [0, 0.05) is 16.8 Å². The maximum atomic E-state index is 4.74. The van der Waals surface area contributed by atoms with Gasteiger partial charge in [-0.25, -0.2) is 0 Å². The molecule has 7 aromatic carbocycles. The molecular weight excluding hydrogens is 651 g/mol. The molecule has 0 N–H and O–H groups in total. The summed E-state index contributed by atoms with van der Waals surface area (Å²) in [6.45, 7) is 4.74. The van der Waals surface area contributed by atoms with Crippen molar-refractivity contribution in [3.8, 4) is 39.1 Å². The molecule has 0 unspecified atom stereocenters. The molecule has 1 nitrogen and oxygen atoms in total. The third-order valence-corrected chi connectivity index (χ3v) is 11.3. The van der Waals surface area contributed by atoms with Crippen LogP contribution in [-0.2, 0) is 12.8 Å². The van der Waals surface area contributed by atoms with Gasteiger partial charge in [0.15, 0.2) is 0 Å². The molecule has 54 heavy (non-hydrogen) atoms. The predicted octanol–water partition coefficient (Wildman–Crippen LogP) is 13.7. The van der Waals surface area contributed by atoms with Crippen LogP contribution in [0.1, 0.15) is 39.9 Å². The van der Waals surface area contributed by atoms with E-state index in [0.717, 1.165) is 24.8 Å². The first-order valence-electron chi connectivity index (χ1n) is 19.0. The quantitative estimate of drug-likeness (QED) is 0.164. The second-order valence-corrected chi connectivity index (χ2v) is 14.4. The number of para-hydroxylation sites is 1. The van der Waals surface area contributed by atoms with E-state index in [2.05, 4.69) is 193 Å². The van der Waals surface area contributed by atoms with E-state index in [0.29, 0.717) is 0 Å². The zero-order valence-corrected chi connectivity index (χ0v) is 30.2. The molecule has 1 heteroatoms. The zero-order valence-electron chi connectivity index (χ0n) is 30.2. The molecule has 10 rings (SSSR count). The van der Waals surface area contributed by atoms with Crippen molar-refractivity contribution < 1.29 is 0 Å². The molecule has 1 aromatic heterocycles. The highest BCUT2D eigenvalue weighted by Gasteiger charge is 2.27. The van der Waals surface area contributed by atoms with E-state index in [1.54, 1.807) is 0 Å². The fourth-order valence-electron chi connectivity index (χ4n) is 8.75. The van der Waals surface area contributed by atoms with Crippen molar-refractivity contribution in [3.63, 3.8) is 0 Å². The minimum atomic E-state index is 0.827. The summed E-state index contributed by atoms with van der Waals surface area (Å²) < 4.78 is 2.44. The molecule has 0 radical (unpaired) electrons. The Balaban J connectivity index is 1.04. The van der Waals surface area contributed by atoms with E-state index in [9.17, 15) is 0 Å². The molecule has 2 aliphatic rings. The van der Waals surface area contributed by atoms with Crippen molar-refractivity contribution in [2.24, 2.45) is 0 Å². The maximum Gasteiger partial charge on any atom is 0.0537 e. The number of fused-ring (bicyclic) bond motifs is 4. The van der Waals surface area contributed by atoms with Gasteiger partial charge >= 0.3 is 0 Å². The zero-order chi connectivity index (χ0) is 36.0. The standard InChI is InChI=1S/C53H39N/c1-36-45-25-14-26-46(50(45)35-49(36)53(39-17-6-3-7-18-39)40-31-29-38(30-32-40)37-15-4-2-5-16-37)43-21-12-19-41(33-43)42-20-13-22-44(34-42)54-51-27-10-8-23-47(51)48-24-9-11-28-52(48)54/h2-8,10-23,25-34H,1,9,24,35H2/b53-49+. The Bertz CT molecular complexity index is 2770. The average Bonchev–Trinajstić information content (AvgIpc) is 3.76. The normalized spacial score (nSPS) is 14.3. The number of benzene rings is 7. The first-order valence-corrected chi connectivity index (χ1v) is 19.0. The SMILES string of the molecule is C=C1/C(=C(\c2ccccc2)c2ccc(-c3ccccc3)cc2)Cc2c1cccc2-c1cccc(-c2cccc(-n3c4c(c5ccccc53)CCC=C4)c2)c1. The smallest absolute Gasteiger partial charge is 0.0537 e. The number of hydrogen-bond acceptors (Lipinski definition) is 0. The first kappa shape index (κ1) is 32.0. The van der Waals surface area contributed by atoms with Gasteiger partial charge in [0.1, 0.15) is 0 Å². The molecular formula is C53H39N. The summed E-state index contributed by atoms with van der Waals surface area (Å²) in [6, 6.07) is 64.1. The fraction of sp³-hybridized carbons (Fsp3) is 0.0566. The predicted molar refractivity (Wildman–Crippen MR) is 229 cm³/mol. The van der Waals surface area contributed by atoms with Crippen molar-refractivity contribution in [2.45, 2.75) is 19.3 Å². The van der Waals surface area contributed by atoms with Crippen molar-refractivity contribution >= 4 is 28.1 Å². The van der Waals surface area contributed by atoms with E-state index in [4.69, 9.17) is 6.58 Å². The van der Waals surface area contributed by atoms with Gasteiger partial charge in [-0.2, -0.15) is 0 Å². The van der Waals surface area contributed by atoms with Gasteiger partial charge in [-0.1, -0.05) is 164 Å². The number of allylic oxidation sites excluding steroid dienone is 3. The van der Waals surface area contributed by atoms with Crippen molar-refractivity contribution in [1.29, 1.82) is 0 Å². The van der Waals surface area contributed by atoms with Crippen LogP contribution in [0.15, 0.2) is 194 Å². The van der Waals surface area contributed by atoms with Gasteiger partial charge < -0.3 is 4.57 Å². The van der Waals surface area contributed by atoms with Crippen LogP contribution < -0.4 is 0 Å². The molecule has 256 valence electrons. The molecule has 0 saturated heterocycles. The van der Waals surface area contributed by atoms with Crippen LogP contribution in [0, 0.1) is 0 Å². The summed E-state index contributed by atoms with van der Waals surface area (Å²) in [7, 11) is 0. The Labute approximate surface area is 317 Å². The summed E-state index contributed by atoms with van der Waals surface area (Å²) in [6.07, 6.45) is 7.62. The van der Waals surface area contributed by atoms with Crippen molar-refractivity contribution in [1.82, 2.24) is 4.57 Å². The summed E-state index contributed by atoms with van der Waals surface area (Å²) in [4.78, 5) is 0. The van der Waals surface area contributed by atoms with Crippen molar-refractivity contribution in [2.75, 3.05) is 0 Å². The monoisotopic (exact) mass is 689 g/mol. The summed E-state index contributed by atoms with van der Waals surface area (Å²) in [5.41, 5.74) is 21.2. The number of rotatable bonds is 6. The molecule has 2 aliphatic carbocycles. The Morgan fingerprint density at radius 2 is 1.13 bits per heavy atom. The molecule has 0 atom stereocenters. The molecule has 1 heterocycles. The number of nitrogens with zero attached hydrogens (tertiary/aromatic N) is 1. The van der Waals surface area contributed by atoms with Crippen LogP contribution in [0.25, 0.3) is 67.2 Å². The lowest BCUT2D eigenvalue weighted by Crippen LogP contribution is -2.00. The van der Waals surface area contributed by atoms with E-state index >= 15 is 0 Å². The molecule has 0 amide bonds. The minimum Gasteiger partial charge on any atom is -0.310 e. The largest absolute Gasteiger partial charge is 0.310 e. The summed E-state index contributed by atoms with van der Waals surface area (Å²) in [5, 5.41) is 1.36. The lowest BCUT2D eigenvalue weighted by atomic mass is 9.89. The van der Waals surface area contributed by atoms with E-state index in [1.165, 1.54) is 94.6 Å². The van der Waals surface area contributed by atoms with Gasteiger partial charge in [0.25, 0.3) is 0 Å². The highest BCUT2D eigenvalue weighted by atomic mass is 15.0. The van der Waals surface area contributed by atoms with E-state index in [1.807, 2.05) is 0 Å². The first-order chi connectivity index (χ1) is 26.7. The number of aromatic nitrogens is 1. The highest BCUT2D eigenvalue weighted by molar-refractivity contribution is 6.00. The highest BCUT2D eigenvalue weighted by Crippen LogP contribution is 2.46. The Hall–Kier alpha value is -6.70. The van der Waals surface area contributed by atoms with Gasteiger partial charge in [0.05, 0.1) is 5.52 Å². The molecule has 0 aliphatic heterocycles. The summed E-state index contributed by atoms with van der Waals surface area (Å²) in [5.74, 6) is 0. The lowest BCUT2D eigenvalue weighted by Gasteiger charge is -2.15. The Kier molecular flexibility index (Phi) is 7.92. The van der Waals surface area contributed by atoms with Crippen LogP contribution in [0.3, 0.4) is 0 Å². The second kappa shape index (κ2) is 13.4. The van der Waals surface area contributed by atoms with Gasteiger partial charge in [-0.15, -0.1) is 0 Å². The molecule has 0 bridgehead atoms. The van der Waals surface area contributed by atoms with Crippen LogP contribution in [0.4, 0.5) is 0 Å². The molecule has 8 aromatic rings. The lowest BCUT2D eigenvalue weighted by molar-refractivity contribution is 0.968. The van der Waals surface area contributed by atoms with E-state index < -0.39 is 0 Å². The number of aryl methyl sites for hydroxylation is 1. The van der Waals surface area contributed by atoms with Gasteiger partial charge in [-0.3, -0.25) is 0 Å². The van der Waals surface area contributed by atoms with Gasteiger partial charge in [-0.05, 0) is 128 Å². The van der Waals surface area contributed by atoms with Gasteiger partial charge in [0.2, 0.25) is 0 Å². The third-order valence-electron chi connectivity index (χ3n) is 11.3. The molecule has 0 fully saturated rings. The average molecular weight is 690 g/mol. The minimum absolute atomic E-state index is 0.827. The van der Waals surface area contributed by atoms with Crippen LogP contribution in [0.5, 0.6) is 0 Å². The topological polar surface area (TPSA) is 4.93 Å². The third kappa shape index (κ3) is 5.49. The van der Waals surface area contributed by atoms with E-state index in [-0.39, 0.29) is 0 Å². The summed E-state index contributed by atoms with van der Waals surface area (Å²) >= 11 is 0. The maximum absolute atomic E-state index is 4.74. The van der Waals surface area contributed by atoms with Crippen LogP contribution in [0.2, 0.25) is 0 Å². The Morgan fingerprint density at radius 1 is 0.500 bits per heavy atom. The molecule has 0 saturated carbocycles. The van der Waals surface area contributed by atoms with Crippen molar-refractivity contribution in [3.05, 3.63) is 228 Å². The second-order valence-electron chi connectivity index (χ2n) is 14.4. The van der Waals surface area contributed by atoms with Crippen LogP contribution in [-0.4, -0.2) is 4.57 Å².